The molecule has 0 aromatic heterocycles. The summed E-state index contributed by atoms with van der Waals surface area (Å²) in [5, 5.41) is 0. The zero-order chi connectivity index (χ0) is 10.4. The molecule has 0 saturated carbocycles. The number of aliphatic imine (C=N–C) groups is 1. The molecule has 0 aliphatic rings. The second-order valence-electron chi connectivity index (χ2n) is 2.48. The van der Waals surface area contributed by atoms with Gasteiger partial charge in [-0.1, -0.05) is 0 Å². The van der Waals surface area contributed by atoms with Crippen LogP contribution in [0.25, 0.3) is 0 Å². The maximum absolute atomic E-state index is 10.0. The van der Waals surface area contributed by atoms with Crippen LogP contribution in [0.3, 0.4) is 0 Å². The fourth-order valence-corrected chi connectivity index (χ4v) is 1.52. The largest absolute Gasteiger partial charge is 0.247 e. The lowest BCUT2D eigenvalue weighted by Gasteiger charge is -1.98. The summed E-state index contributed by atoms with van der Waals surface area (Å²) >= 11 is 0.986. The molecule has 1 rings (SSSR count). The molecule has 0 radical (unpaired) electrons. The van der Waals surface area contributed by atoms with Crippen LogP contribution in [-0.2, 0) is 9.59 Å². The maximum atomic E-state index is 10.0. The van der Waals surface area contributed by atoms with Crippen LogP contribution in [-0.4, -0.2) is 12.2 Å². The van der Waals surface area contributed by atoms with Crippen molar-refractivity contribution in [2.75, 3.05) is 0 Å². The van der Waals surface area contributed by atoms with Gasteiger partial charge in [0.05, 0.1) is 5.69 Å². The number of benzene rings is 1. The third-order valence-electron chi connectivity index (χ3n) is 1.40. The van der Waals surface area contributed by atoms with Crippen molar-refractivity contribution in [2.24, 2.45) is 9.39 Å². The Morgan fingerprint density at radius 3 is 2.64 bits per heavy atom. The van der Waals surface area contributed by atoms with Gasteiger partial charge in [-0.2, -0.15) is 4.99 Å². The molecule has 0 bridgehead atoms. The predicted octanol–water partition coefficient (Wildman–Crippen LogP) is 2.31. The van der Waals surface area contributed by atoms with Crippen LogP contribution in [0.1, 0.15) is 5.56 Å². The molecular weight excluding hydrogens is 200 g/mol. The molecule has 0 spiro atoms. The first-order valence-corrected chi connectivity index (χ1v) is 4.47. The Hall–Kier alpha value is -1.67. The molecule has 0 atom stereocenters. The van der Waals surface area contributed by atoms with E-state index in [1.807, 2.05) is 13.0 Å². The third kappa shape index (κ3) is 2.99. The SMILES string of the molecule is Cc1cc(N=C=O)cc(SN=C=O)c1. The summed E-state index contributed by atoms with van der Waals surface area (Å²) < 4.78 is 3.36. The molecule has 0 aliphatic carbocycles. The summed E-state index contributed by atoms with van der Waals surface area (Å²) in [6.45, 7) is 1.86. The van der Waals surface area contributed by atoms with Crippen LogP contribution in [0, 0.1) is 6.92 Å². The van der Waals surface area contributed by atoms with E-state index >= 15 is 0 Å². The van der Waals surface area contributed by atoms with Crippen LogP contribution in [0.5, 0.6) is 0 Å². The zero-order valence-electron chi connectivity index (χ0n) is 7.35. The van der Waals surface area contributed by atoms with Gasteiger partial charge in [-0.3, -0.25) is 0 Å². The van der Waals surface area contributed by atoms with E-state index in [4.69, 9.17) is 0 Å². The number of isocyanates is 2. The van der Waals surface area contributed by atoms with Gasteiger partial charge in [-0.25, -0.2) is 9.59 Å². The Morgan fingerprint density at radius 2 is 2.00 bits per heavy atom. The highest BCUT2D eigenvalue weighted by atomic mass is 32.2. The van der Waals surface area contributed by atoms with E-state index in [2.05, 4.69) is 9.39 Å². The van der Waals surface area contributed by atoms with Crippen molar-refractivity contribution >= 4 is 29.8 Å². The normalized spacial score (nSPS) is 8.64. The minimum atomic E-state index is 0.503. The Bertz CT molecular complexity index is 432. The first kappa shape index (κ1) is 10.4. The molecule has 0 aliphatic heterocycles. The van der Waals surface area contributed by atoms with E-state index in [0.29, 0.717) is 5.69 Å². The van der Waals surface area contributed by atoms with E-state index in [0.717, 1.165) is 22.4 Å². The molecule has 0 saturated heterocycles. The highest BCUT2D eigenvalue weighted by molar-refractivity contribution is 7.98. The Morgan fingerprint density at radius 1 is 1.21 bits per heavy atom. The third-order valence-corrected chi connectivity index (χ3v) is 2.01. The Labute approximate surface area is 84.9 Å². The van der Waals surface area contributed by atoms with E-state index in [1.165, 1.54) is 12.2 Å². The standard InChI is InChI=1S/C9H6N2O2S/c1-7-2-8(10-5-12)4-9(3-7)14-11-6-13/h2-4H,1H3. The maximum Gasteiger partial charge on any atom is 0.247 e. The van der Waals surface area contributed by atoms with Crippen LogP contribution in [0.4, 0.5) is 5.69 Å². The Balaban J connectivity index is 3.05. The van der Waals surface area contributed by atoms with E-state index in [9.17, 15) is 9.59 Å². The molecule has 1 aromatic rings. The zero-order valence-corrected chi connectivity index (χ0v) is 8.17. The molecule has 0 N–H and O–H groups in total. The van der Waals surface area contributed by atoms with Gasteiger partial charge in [0, 0.05) is 16.8 Å². The van der Waals surface area contributed by atoms with Gasteiger partial charge >= 0.3 is 0 Å². The fourth-order valence-electron chi connectivity index (χ4n) is 0.970. The van der Waals surface area contributed by atoms with Gasteiger partial charge in [0.1, 0.15) is 0 Å². The van der Waals surface area contributed by atoms with Crippen molar-refractivity contribution in [2.45, 2.75) is 11.8 Å². The van der Waals surface area contributed by atoms with Crippen LogP contribution < -0.4 is 0 Å². The van der Waals surface area contributed by atoms with Crippen LogP contribution >= 0.6 is 11.9 Å². The monoisotopic (exact) mass is 206 g/mol. The summed E-state index contributed by atoms with van der Waals surface area (Å²) in [6.07, 6.45) is 2.87. The van der Waals surface area contributed by atoms with Crippen molar-refractivity contribution in [1.29, 1.82) is 0 Å². The first-order valence-electron chi connectivity index (χ1n) is 3.70. The quantitative estimate of drug-likeness (QED) is 0.433. The second kappa shape index (κ2) is 5.14. The van der Waals surface area contributed by atoms with Gasteiger partial charge < -0.3 is 0 Å². The number of hydrogen-bond acceptors (Lipinski definition) is 5. The van der Waals surface area contributed by atoms with Gasteiger partial charge in [0.25, 0.3) is 0 Å². The van der Waals surface area contributed by atoms with Gasteiger partial charge in [-0.05, 0) is 30.7 Å². The average Bonchev–Trinajstić information content (AvgIpc) is 2.14. The molecule has 0 heterocycles. The average molecular weight is 206 g/mol. The van der Waals surface area contributed by atoms with E-state index in [1.54, 1.807) is 12.1 Å². The predicted molar refractivity (Wildman–Crippen MR) is 52.9 cm³/mol. The molecule has 1 aromatic carbocycles. The highest BCUT2D eigenvalue weighted by Crippen LogP contribution is 2.25. The van der Waals surface area contributed by atoms with Crippen molar-refractivity contribution in [3.63, 3.8) is 0 Å². The second-order valence-corrected chi connectivity index (χ2v) is 3.32. The van der Waals surface area contributed by atoms with Crippen LogP contribution in [0.2, 0.25) is 0 Å². The summed E-state index contributed by atoms with van der Waals surface area (Å²) in [7, 11) is 0. The molecule has 4 nitrogen and oxygen atoms in total. The van der Waals surface area contributed by atoms with Crippen molar-refractivity contribution in [3.05, 3.63) is 23.8 Å². The Kier molecular flexibility index (Phi) is 3.83. The van der Waals surface area contributed by atoms with Gasteiger partial charge in [0.15, 0.2) is 0 Å². The van der Waals surface area contributed by atoms with E-state index < -0.39 is 0 Å². The number of carbonyl (C=O) groups excluding carboxylic acids is 2. The molecular formula is C9H6N2O2S. The number of hydrogen-bond donors (Lipinski definition) is 0. The molecule has 5 heteroatoms. The minimum absolute atomic E-state index is 0.503. The molecule has 0 amide bonds. The summed E-state index contributed by atoms with van der Waals surface area (Å²) in [6, 6.07) is 5.21. The van der Waals surface area contributed by atoms with Crippen molar-refractivity contribution in [1.82, 2.24) is 0 Å². The van der Waals surface area contributed by atoms with Gasteiger partial charge in [0.2, 0.25) is 12.2 Å². The molecule has 70 valence electrons. The van der Waals surface area contributed by atoms with Crippen molar-refractivity contribution in [3.8, 4) is 0 Å². The lowest BCUT2D eigenvalue weighted by atomic mass is 10.2. The number of nitrogens with zero attached hydrogens (tertiary/aromatic N) is 2. The summed E-state index contributed by atoms with van der Waals surface area (Å²) in [5.41, 5.74) is 1.44. The minimum Gasteiger partial charge on any atom is -0.211 e. The van der Waals surface area contributed by atoms with Gasteiger partial charge in [-0.15, -0.1) is 4.40 Å². The summed E-state index contributed by atoms with van der Waals surface area (Å²) in [5.74, 6) is 0. The number of aryl methyl sites for hydroxylation is 1. The molecule has 14 heavy (non-hydrogen) atoms. The summed E-state index contributed by atoms with van der Waals surface area (Å²) in [4.78, 5) is 24.1. The highest BCUT2D eigenvalue weighted by Gasteiger charge is 1.97. The topological polar surface area (TPSA) is 58.9 Å². The van der Waals surface area contributed by atoms with E-state index in [-0.39, 0.29) is 0 Å². The lowest BCUT2D eigenvalue weighted by Crippen LogP contribution is -1.74. The van der Waals surface area contributed by atoms with Crippen molar-refractivity contribution < 1.29 is 9.59 Å². The first-order chi connectivity index (χ1) is 6.76. The fraction of sp³-hybridized carbons (Fsp3) is 0.111. The number of rotatable bonds is 3. The van der Waals surface area contributed by atoms with Crippen LogP contribution in [0.15, 0.2) is 32.5 Å². The smallest absolute Gasteiger partial charge is 0.211 e. The molecule has 0 fully saturated rings. The lowest BCUT2D eigenvalue weighted by molar-refractivity contribution is 0.565. The molecule has 0 unspecified atom stereocenters.